The van der Waals surface area contributed by atoms with Crippen LogP contribution in [0, 0.1) is 18.7 Å². The minimum atomic E-state index is -3.87. The quantitative estimate of drug-likeness (QED) is 0.610. The van der Waals surface area contributed by atoms with Crippen LogP contribution in [0.3, 0.4) is 0 Å². The van der Waals surface area contributed by atoms with E-state index in [1.54, 1.807) is 24.3 Å². The van der Waals surface area contributed by atoms with Crippen LogP contribution in [0.5, 0.6) is 0 Å². The summed E-state index contributed by atoms with van der Waals surface area (Å²) < 4.78 is 46.0. The van der Waals surface area contributed by atoms with Gasteiger partial charge in [-0.05, 0) is 62.1 Å². The first-order chi connectivity index (χ1) is 13.8. The highest BCUT2D eigenvalue weighted by molar-refractivity contribution is 7.91. The third-order valence-electron chi connectivity index (χ3n) is 5.33. The highest BCUT2D eigenvalue weighted by atomic mass is 32.2. The fraction of sp³-hybridized carbons (Fsp3) is 0.318. The average molecular weight is 415 g/mol. The number of nitrogens with zero attached hydrogens (tertiary/aromatic N) is 2. The second kappa shape index (κ2) is 7.63. The third kappa shape index (κ3) is 3.92. The van der Waals surface area contributed by atoms with Gasteiger partial charge in [-0.2, -0.15) is 4.98 Å². The maximum Gasteiger partial charge on any atom is 0.236 e. The van der Waals surface area contributed by atoms with E-state index in [4.69, 9.17) is 4.42 Å². The number of benzene rings is 2. The first-order valence-corrected chi connectivity index (χ1v) is 11.2. The topological polar surface area (TPSA) is 63.4 Å². The Morgan fingerprint density at radius 3 is 2.28 bits per heavy atom. The number of hydrogen-bond donors (Lipinski definition) is 0. The van der Waals surface area contributed by atoms with Gasteiger partial charge in [0.15, 0.2) is 0 Å². The highest BCUT2D eigenvalue weighted by Gasteiger charge is 2.32. The normalized spacial score (nSPS) is 15.6. The van der Waals surface area contributed by atoms with Gasteiger partial charge in [0, 0.05) is 18.7 Å². The number of anilines is 1. The third-order valence-corrected chi connectivity index (χ3v) is 7.00. The largest absolute Gasteiger partial charge is 0.419 e. The van der Waals surface area contributed by atoms with Gasteiger partial charge in [-0.3, -0.25) is 0 Å². The molecular formula is C22H23FN2O3S. The van der Waals surface area contributed by atoms with Gasteiger partial charge in [-0.15, -0.1) is 0 Å². The molecule has 1 fully saturated rings. The first kappa shape index (κ1) is 19.6. The molecule has 1 aliphatic rings. The average Bonchev–Trinajstić information content (AvgIpc) is 3.16. The summed E-state index contributed by atoms with van der Waals surface area (Å²) in [6, 6.07) is 12.4. The number of rotatable bonds is 4. The predicted octanol–water partition coefficient (Wildman–Crippen LogP) is 4.86. The van der Waals surface area contributed by atoms with Crippen molar-refractivity contribution in [2.45, 2.75) is 36.6 Å². The minimum Gasteiger partial charge on any atom is -0.419 e. The van der Waals surface area contributed by atoms with Crippen molar-refractivity contribution < 1.29 is 17.2 Å². The Labute approximate surface area is 170 Å². The van der Waals surface area contributed by atoms with Crippen LogP contribution < -0.4 is 4.90 Å². The number of piperidine rings is 1. The molecule has 3 aromatic rings. The lowest BCUT2D eigenvalue weighted by atomic mass is 9.99. The molecule has 1 aliphatic heterocycles. The van der Waals surface area contributed by atoms with E-state index in [1.165, 1.54) is 24.3 Å². The van der Waals surface area contributed by atoms with Crippen LogP contribution in [0.25, 0.3) is 11.5 Å². The molecule has 152 valence electrons. The number of aromatic nitrogens is 1. The van der Waals surface area contributed by atoms with Crippen LogP contribution in [0.2, 0.25) is 0 Å². The molecule has 0 aliphatic carbocycles. The van der Waals surface area contributed by atoms with Gasteiger partial charge in [0.1, 0.15) is 5.82 Å². The summed E-state index contributed by atoms with van der Waals surface area (Å²) in [5, 5.41) is -0.0877. The Morgan fingerprint density at radius 2 is 1.66 bits per heavy atom. The summed E-state index contributed by atoms with van der Waals surface area (Å²) >= 11 is 0. The van der Waals surface area contributed by atoms with Crippen LogP contribution >= 0.6 is 0 Å². The zero-order valence-electron chi connectivity index (χ0n) is 16.4. The smallest absolute Gasteiger partial charge is 0.236 e. The van der Waals surface area contributed by atoms with E-state index in [2.05, 4.69) is 11.9 Å². The van der Waals surface area contributed by atoms with E-state index >= 15 is 0 Å². The van der Waals surface area contributed by atoms with Gasteiger partial charge in [0.2, 0.25) is 26.6 Å². The van der Waals surface area contributed by atoms with E-state index in [1.807, 2.05) is 11.8 Å². The monoisotopic (exact) mass is 414 g/mol. The molecule has 1 saturated heterocycles. The molecule has 0 unspecified atom stereocenters. The summed E-state index contributed by atoms with van der Waals surface area (Å²) in [5.41, 5.74) is 1.50. The van der Waals surface area contributed by atoms with Gasteiger partial charge in [-0.25, -0.2) is 12.8 Å². The number of sulfone groups is 1. The molecule has 4 rings (SSSR count). The second-order valence-electron chi connectivity index (χ2n) is 7.62. The number of aryl methyl sites for hydroxylation is 1. The molecule has 0 atom stereocenters. The predicted molar refractivity (Wildman–Crippen MR) is 109 cm³/mol. The van der Waals surface area contributed by atoms with E-state index in [0.717, 1.165) is 18.4 Å². The molecule has 0 N–H and O–H groups in total. The van der Waals surface area contributed by atoms with Gasteiger partial charge in [0.25, 0.3) is 0 Å². The zero-order valence-corrected chi connectivity index (χ0v) is 17.2. The molecule has 0 amide bonds. The van der Waals surface area contributed by atoms with Crippen molar-refractivity contribution in [2.75, 3.05) is 18.0 Å². The molecule has 0 spiro atoms. The van der Waals surface area contributed by atoms with Crippen molar-refractivity contribution in [3.8, 4) is 11.5 Å². The van der Waals surface area contributed by atoms with Gasteiger partial charge < -0.3 is 9.32 Å². The summed E-state index contributed by atoms with van der Waals surface area (Å²) in [6.07, 6.45) is 1.91. The Morgan fingerprint density at radius 1 is 1.03 bits per heavy atom. The second-order valence-corrected chi connectivity index (χ2v) is 9.49. The Bertz CT molecular complexity index is 1100. The fourth-order valence-corrected chi connectivity index (χ4v) is 4.75. The van der Waals surface area contributed by atoms with Crippen molar-refractivity contribution >= 4 is 15.7 Å². The SMILES string of the molecule is Cc1ccc(S(=O)(=O)c2nc(-c3ccc(F)cc3)oc2N2CCC(C)CC2)cc1. The molecule has 7 heteroatoms. The molecule has 0 radical (unpaired) electrons. The molecule has 0 saturated carbocycles. The van der Waals surface area contributed by atoms with Crippen LogP contribution in [0.4, 0.5) is 10.3 Å². The first-order valence-electron chi connectivity index (χ1n) is 9.68. The summed E-state index contributed by atoms with van der Waals surface area (Å²) in [4.78, 5) is 6.48. The van der Waals surface area contributed by atoms with E-state index in [-0.39, 0.29) is 27.5 Å². The van der Waals surface area contributed by atoms with Crippen molar-refractivity contribution in [3.05, 3.63) is 59.9 Å². The summed E-state index contributed by atoms with van der Waals surface area (Å²) in [7, 11) is -3.87. The number of hydrogen-bond acceptors (Lipinski definition) is 5. The maximum absolute atomic E-state index is 13.4. The van der Waals surface area contributed by atoms with Crippen LogP contribution in [-0.4, -0.2) is 26.5 Å². The van der Waals surface area contributed by atoms with Gasteiger partial charge in [-0.1, -0.05) is 24.6 Å². The molecule has 0 bridgehead atoms. The van der Waals surface area contributed by atoms with Crippen molar-refractivity contribution in [3.63, 3.8) is 0 Å². The van der Waals surface area contributed by atoms with Crippen LogP contribution in [-0.2, 0) is 9.84 Å². The van der Waals surface area contributed by atoms with Crippen molar-refractivity contribution in [1.29, 1.82) is 0 Å². The van der Waals surface area contributed by atoms with Gasteiger partial charge >= 0.3 is 0 Å². The molecule has 1 aromatic heterocycles. The number of halogens is 1. The van der Waals surface area contributed by atoms with E-state index in [0.29, 0.717) is 24.6 Å². The van der Waals surface area contributed by atoms with Crippen molar-refractivity contribution in [2.24, 2.45) is 5.92 Å². The maximum atomic E-state index is 13.4. The molecule has 29 heavy (non-hydrogen) atoms. The van der Waals surface area contributed by atoms with E-state index < -0.39 is 9.84 Å². The van der Waals surface area contributed by atoms with Gasteiger partial charge in [0.05, 0.1) is 4.90 Å². The summed E-state index contributed by atoms with van der Waals surface area (Å²) in [6.45, 7) is 5.50. The van der Waals surface area contributed by atoms with Crippen LogP contribution in [0.15, 0.2) is 62.9 Å². The summed E-state index contributed by atoms with van der Waals surface area (Å²) in [5.74, 6) is 0.641. The molecular weight excluding hydrogens is 391 g/mol. The fourth-order valence-electron chi connectivity index (χ4n) is 3.43. The highest BCUT2D eigenvalue weighted by Crippen LogP contribution is 2.36. The number of oxazole rings is 1. The molecule has 2 heterocycles. The Balaban J connectivity index is 1.82. The zero-order chi connectivity index (χ0) is 20.6. The minimum absolute atomic E-state index is 0.0877. The lowest BCUT2D eigenvalue weighted by Gasteiger charge is -2.30. The molecule has 2 aromatic carbocycles. The molecule has 5 nitrogen and oxygen atoms in total. The Hall–Kier alpha value is -2.67. The van der Waals surface area contributed by atoms with E-state index in [9.17, 15) is 12.8 Å². The van der Waals surface area contributed by atoms with Crippen molar-refractivity contribution in [1.82, 2.24) is 4.98 Å². The standard InChI is InChI=1S/C22H23FN2O3S/c1-15-3-9-19(10-4-15)29(26,27)21-22(25-13-11-16(2)12-14-25)28-20(24-21)17-5-7-18(23)8-6-17/h3-10,16H,11-14H2,1-2H3. The lowest BCUT2D eigenvalue weighted by Crippen LogP contribution is -2.33. The lowest BCUT2D eigenvalue weighted by molar-refractivity contribution is 0.415. The van der Waals surface area contributed by atoms with Crippen LogP contribution in [0.1, 0.15) is 25.3 Å². The Kier molecular flexibility index (Phi) is 5.17.